The van der Waals surface area contributed by atoms with Crippen molar-refractivity contribution in [1.82, 2.24) is 0 Å². The van der Waals surface area contributed by atoms with E-state index in [4.69, 9.17) is 37.9 Å². The van der Waals surface area contributed by atoms with Gasteiger partial charge in [-0.2, -0.15) is 0 Å². The van der Waals surface area contributed by atoms with Gasteiger partial charge in [-0.1, -0.05) is 0 Å². The third-order valence-electron chi connectivity index (χ3n) is 1.54. The van der Waals surface area contributed by atoms with Crippen LogP contribution < -0.4 is 11.5 Å². The van der Waals surface area contributed by atoms with Crippen molar-refractivity contribution in [1.29, 1.82) is 0 Å². The molecule has 2 atom stereocenters. The molecule has 0 radical (unpaired) electrons. The second-order valence-corrected chi connectivity index (χ2v) is 4.49. The number of carboxylic acids is 4. The predicted octanol–water partition coefficient (Wildman–Crippen LogP) is -5.03. The molecule has 0 saturated heterocycles. The maximum atomic E-state index is 9.91. The molecule has 0 unspecified atom stereocenters. The quantitative estimate of drug-likeness (QED) is 0.191. The van der Waals surface area contributed by atoms with E-state index in [-0.39, 0.29) is 0 Å². The highest BCUT2D eigenvalue weighted by molar-refractivity contribution is 7.79. The van der Waals surface area contributed by atoms with Gasteiger partial charge in [0.2, 0.25) is 0 Å². The van der Waals surface area contributed by atoms with Gasteiger partial charge in [-0.3, -0.25) is 18.0 Å². The third-order valence-corrected chi connectivity index (χ3v) is 1.54. The average molecular weight is 364 g/mol. The van der Waals surface area contributed by atoms with Crippen LogP contribution in [0.5, 0.6) is 0 Å². The van der Waals surface area contributed by atoms with Crippen molar-refractivity contribution in [2.24, 2.45) is 0 Å². The molecule has 0 aromatic heterocycles. The van der Waals surface area contributed by atoms with Gasteiger partial charge < -0.3 is 41.0 Å². The maximum absolute atomic E-state index is 9.91. The first-order chi connectivity index (χ1) is 10.1. The lowest BCUT2D eigenvalue weighted by atomic mass is 10.2. The summed E-state index contributed by atoms with van der Waals surface area (Å²) in [6.07, 6.45) is -0.843. The predicted molar refractivity (Wildman–Crippen MR) is 63.6 cm³/mol. The van der Waals surface area contributed by atoms with Crippen LogP contribution in [0.2, 0.25) is 0 Å². The maximum Gasteiger partial charge on any atom is 0.362 e. The topological polar surface area (TPSA) is 285 Å². The van der Waals surface area contributed by atoms with Crippen LogP contribution in [-0.2, 0) is 29.6 Å². The summed E-state index contributed by atoms with van der Waals surface area (Å²) in [6, 6.07) is -2.08. The Bertz CT molecular complexity index is 475. The van der Waals surface area contributed by atoms with Gasteiger partial charge in [0.1, 0.15) is 12.8 Å². The van der Waals surface area contributed by atoms with Crippen molar-refractivity contribution in [3.05, 3.63) is 0 Å². The second kappa shape index (κ2) is 12.2. The summed E-state index contributed by atoms with van der Waals surface area (Å²) in [7, 11) is -5.17. The van der Waals surface area contributed by atoms with E-state index in [1.54, 1.807) is 0 Å². The van der Waals surface area contributed by atoms with E-state index >= 15 is 0 Å². The Morgan fingerprint density at radius 3 is 1.00 bits per heavy atom. The fraction of sp³-hybridized carbons (Fsp3) is 0.500. The molecule has 15 heteroatoms. The van der Waals surface area contributed by atoms with Crippen molar-refractivity contribution in [3.8, 4) is 0 Å². The van der Waals surface area contributed by atoms with E-state index in [1.807, 2.05) is 0 Å². The first kappa shape index (κ1) is 25.6. The molecule has 0 rings (SSSR count). The molecule has 23 heavy (non-hydrogen) atoms. The fourth-order valence-corrected chi connectivity index (χ4v) is 0.596. The van der Waals surface area contributed by atoms with Gasteiger partial charge in [-0.25, -0.2) is 9.59 Å². The molecule has 0 heterocycles. The number of carboxylic acid groups (broad SMARTS) is 4. The van der Waals surface area contributed by atoms with E-state index < -0.39 is 59.2 Å². The van der Waals surface area contributed by atoms with Gasteiger partial charge in [-0.15, -0.1) is 0 Å². The van der Waals surface area contributed by atoms with Crippen molar-refractivity contribution in [2.45, 2.75) is 24.9 Å². The van der Waals surface area contributed by atoms with Crippen molar-refractivity contribution in [3.63, 3.8) is 0 Å². The Kier molecular flexibility index (Phi) is 13.6. The number of rotatable bonds is 6. The summed E-state index contributed by atoms with van der Waals surface area (Å²) in [5, 5.41) is 32.3. The van der Waals surface area contributed by atoms with Gasteiger partial charge in [0.05, 0.1) is 0 Å². The molecule has 0 bridgehead atoms. The Balaban J connectivity index is -0.000000273. The molecule has 0 aromatic rings. The van der Waals surface area contributed by atoms with Gasteiger partial charge in [-0.05, 0) is 0 Å². The summed E-state index contributed by atoms with van der Waals surface area (Å²) < 4.78 is 34.1. The summed E-state index contributed by atoms with van der Waals surface area (Å²) in [5.74, 6) is -4.65. The Morgan fingerprint density at radius 1 is 0.783 bits per heavy atom. The van der Waals surface area contributed by atoms with Crippen LogP contribution in [0.15, 0.2) is 0 Å². The van der Waals surface area contributed by atoms with Crippen LogP contribution >= 0.6 is 0 Å². The Labute approximate surface area is 128 Å². The second-order valence-electron chi connectivity index (χ2n) is 3.67. The van der Waals surface area contributed by atoms with Crippen molar-refractivity contribution >= 4 is 34.3 Å². The molecule has 10 N–H and O–H groups in total. The van der Waals surface area contributed by atoms with Gasteiger partial charge in [0.25, 0.3) is 0 Å². The lowest BCUT2D eigenvalue weighted by Crippen LogP contribution is -2.65. The van der Waals surface area contributed by atoms with E-state index in [0.717, 1.165) is 0 Å². The first-order valence-corrected chi connectivity index (χ1v) is 6.63. The third kappa shape index (κ3) is 32.9. The first-order valence-electron chi connectivity index (χ1n) is 5.30. The molecule has 0 aromatic carbocycles. The van der Waals surface area contributed by atoms with Crippen LogP contribution in [0.25, 0.3) is 0 Å². The average Bonchev–Trinajstić information content (AvgIpc) is 2.25. The van der Waals surface area contributed by atoms with E-state index in [2.05, 4.69) is 11.5 Å². The van der Waals surface area contributed by atoms with E-state index in [1.165, 1.54) is 0 Å². The zero-order valence-electron chi connectivity index (χ0n) is 11.4. The Morgan fingerprint density at radius 2 is 0.957 bits per heavy atom. The molecule has 14 nitrogen and oxygen atoms in total. The normalized spacial score (nSPS) is 12.3. The minimum absolute atomic E-state index is 0.421. The van der Waals surface area contributed by atoms with Crippen LogP contribution in [0, 0.1) is 0 Å². The number of carbonyl (C=O) groups is 4. The summed E-state index contributed by atoms with van der Waals surface area (Å²) >= 11 is 0. The Hall–Kier alpha value is -2.33. The lowest BCUT2D eigenvalue weighted by molar-refractivity contribution is -0.407. The molecule has 0 saturated carbocycles. The molecule has 0 fully saturated rings. The monoisotopic (exact) mass is 364 g/mol. The molecule has 0 spiro atoms. The molecule has 0 aliphatic heterocycles. The fourth-order valence-electron chi connectivity index (χ4n) is 0.596. The van der Waals surface area contributed by atoms with Crippen molar-refractivity contribution in [2.75, 3.05) is 0 Å². The number of hydrogen-bond donors (Lipinski definition) is 6. The molecule has 0 aliphatic carbocycles. The lowest BCUT2D eigenvalue weighted by Gasteiger charge is -2.06. The van der Waals surface area contributed by atoms with Crippen LogP contribution in [0.1, 0.15) is 12.8 Å². The summed E-state index contributed by atoms with van der Waals surface area (Å²) in [4.78, 5) is 39.4. The van der Waals surface area contributed by atoms with Crippen LogP contribution in [0.3, 0.4) is 0 Å². The molecular weight excluding hydrogens is 348 g/mol. The highest BCUT2D eigenvalue weighted by Gasteiger charge is 2.19. The zero-order valence-corrected chi connectivity index (χ0v) is 12.3. The highest BCUT2D eigenvalue weighted by Crippen LogP contribution is 1.84. The molecular formula is C8H16N2O12S. The van der Waals surface area contributed by atoms with E-state index in [9.17, 15) is 19.2 Å². The van der Waals surface area contributed by atoms with Crippen LogP contribution in [-0.4, -0.2) is 73.9 Å². The minimum atomic E-state index is -5.17. The standard InChI is InChI=1S/2C4H7NO4.H2O4S/c2*5-2(4(8)9)1-3(6)7;1-5(2,3)4/h2*2H,1,5H2,(H,6,7)(H,8,9);(H2,1,2,3,4)/t2*2-;/m00./s1. The van der Waals surface area contributed by atoms with E-state index in [0.29, 0.717) is 0 Å². The van der Waals surface area contributed by atoms with Crippen LogP contribution in [0.4, 0.5) is 0 Å². The highest BCUT2D eigenvalue weighted by atomic mass is 32.3. The van der Waals surface area contributed by atoms with Crippen molar-refractivity contribution < 1.29 is 68.6 Å². The molecule has 136 valence electrons. The minimum Gasteiger partial charge on any atom is -0.759 e. The molecule has 0 amide bonds. The molecule has 0 aliphatic rings. The number of aliphatic carboxylic acids is 4. The summed E-state index contributed by atoms with van der Waals surface area (Å²) in [5.41, 5.74) is 6.19. The van der Waals surface area contributed by atoms with Gasteiger partial charge >= 0.3 is 23.9 Å². The summed E-state index contributed by atoms with van der Waals surface area (Å²) in [6.45, 7) is 0. The van der Waals surface area contributed by atoms with Gasteiger partial charge in [0, 0.05) is 10.4 Å². The largest absolute Gasteiger partial charge is 0.759 e. The zero-order chi connectivity index (χ0) is 19.4. The van der Waals surface area contributed by atoms with Gasteiger partial charge in [0.15, 0.2) is 12.1 Å². The SMILES string of the molecule is O=S(=O)([O-])[O-].[NH3+][C@@H](CC(=O)O)C(=O)O.[NH3+][C@@H](CC(=O)O)C(=O)O. The number of quaternary nitrogens is 2. The smallest absolute Gasteiger partial charge is 0.362 e. The number of hydrogen-bond acceptors (Lipinski definition) is 8.